The molecular formula is C16H17N3O4S2. The molecule has 0 radical (unpaired) electrons. The third-order valence-electron chi connectivity index (χ3n) is 3.94. The molecule has 2 N–H and O–H groups in total. The van der Waals surface area contributed by atoms with Gasteiger partial charge in [0.2, 0.25) is 5.88 Å². The summed E-state index contributed by atoms with van der Waals surface area (Å²) in [6, 6.07) is 3.12. The Morgan fingerprint density at radius 3 is 2.52 bits per heavy atom. The summed E-state index contributed by atoms with van der Waals surface area (Å²) in [7, 11) is 1.46. The second-order valence-corrected chi connectivity index (χ2v) is 6.68. The van der Waals surface area contributed by atoms with Gasteiger partial charge in [0.25, 0.3) is 5.56 Å². The van der Waals surface area contributed by atoms with Crippen LogP contribution in [-0.4, -0.2) is 31.4 Å². The van der Waals surface area contributed by atoms with E-state index in [0.717, 1.165) is 4.70 Å². The Hall–Kier alpha value is -2.39. The summed E-state index contributed by atoms with van der Waals surface area (Å²) in [5, 5.41) is 20.9. The number of nitrogens with zero attached hydrogens (tertiary/aromatic N) is 3. The first kappa shape index (κ1) is 17.4. The largest absolute Gasteiger partial charge is 0.504 e. The minimum absolute atomic E-state index is 0.0356. The molecule has 0 aliphatic carbocycles. The number of methoxy groups -OCH3 is 1. The zero-order valence-electron chi connectivity index (χ0n) is 13.9. The summed E-state index contributed by atoms with van der Waals surface area (Å²) < 4.78 is 9.04. The monoisotopic (exact) mass is 379 g/mol. The van der Waals surface area contributed by atoms with Crippen molar-refractivity contribution in [3.63, 3.8) is 0 Å². The van der Waals surface area contributed by atoms with Crippen LogP contribution < -0.4 is 10.3 Å². The van der Waals surface area contributed by atoms with Gasteiger partial charge in [-0.05, 0) is 26.1 Å². The Kier molecular flexibility index (Phi) is 4.53. The van der Waals surface area contributed by atoms with Gasteiger partial charge in [0.1, 0.15) is 10.6 Å². The van der Waals surface area contributed by atoms with E-state index in [1.165, 1.54) is 33.6 Å². The van der Waals surface area contributed by atoms with Crippen molar-refractivity contribution in [2.75, 3.05) is 7.11 Å². The molecule has 0 atom stereocenters. The molecule has 0 saturated heterocycles. The van der Waals surface area contributed by atoms with Crippen LogP contribution in [0, 0.1) is 4.77 Å². The van der Waals surface area contributed by atoms with Crippen LogP contribution in [0.15, 0.2) is 16.9 Å². The van der Waals surface area contributed by atoms with Crippen LogP contribution in [0.5, 0.6) is 17.4 Å². The molecule has 0 saturated carbocycles. The lowest BCUT2D eigenvalue weighted by Gasteiger charge is -2.14. The molecule has 132 valence electrons. The fraction of sp³-hybridized carbons (Fsp3) is 0.312. The van der Waals surface area contributed by atoms with Crippen molar-refractivity contribution in [2.24, 2.45) is 0 Å². The maximum absolute atomic E-state index is 12.8. The highest BCUT2D eigenvalue weighted by Gasteiger charge is 2.21. The van der Waals surface area contributed by atoms with E-state index in [4.69, 9.17) is 17.0 Å². The van der Waals surface area contributed by atoms with Gasteiger partial charge < -0.3 is 14.9 Å². The Morgan fingerprint density at radius 1 is 1.24 bits per heavy atom. The second-order valence-electron chi connectivity index (χ2n) is 5.29. The number of aromatic nitrogens is 3. The van der Waals surface area contributed by atoms with Gasteiger partial charge in [0, 0.05) is 25.2 Å². The lowest BCUT2D eigenvalue weighted by Crippen LogP contribution is -2.26. The molecule has 0 spiro atoms. The van der Waals surface area contributed by atoms with Crippen LogP contribution in [0.25, 0.3) is 20.8 Å². The zero-order chi connectivity index (χ0) is 18.3. The molecule has 2 heterocycles. The predicted octanol–water partition coefficient (Wildman–Crippen LogP) is 3.12. The summed E-state index contributed by atoms with van der Waals surface area (Å²) in [6.07, 6.45) is 0. The fourth-order valence-electron chi connectivity index (χ4n) is 2.65. The summed E-state index contributed by atoms with van der Waals surface area (Å²) in [5.74, 6) is 0.0893. The fourth-order valence-corrected chi connectivity index (χ4v) is 4.09. The van der Waals surface area contributed by atoms with Crippen molar-refractivity contribution in [2.45, 2.75) is 26.9 Å². The molecule has 7 nitrogen and oxygen atoms in total. The average molecular weight is 379 g/mol. The van der Waals surface area contributed by atoms with E-state index in [2.05, 4.69) is 4.98 Å². The van der Waals surface area contributed by atoms with Crippen molar-refractivity contribution in [3.05, 3.63) is 27.3 Å². The third-order valence-corrected chi connectivity index (χ3v) is 5.41. The van der Waals surface area contributed by atoms with E-state index >= 15 is 0 Å². The van der Waals surface area contributed by atoms with E-state index in [9.17, 15) is 15.0 Å². The summed E-state index contributed by atoms with van der Waals surface area (Å²) >= 11 is 6.53. The number of hydrogen-bond acceptors (Lipinski definition) is 7. The number of ether oxygens (including phenoxy) is 1. The maximum atomic E-state index is 12.8. The van der Waals surface area contributed by atoms with Gasteiger partial charge >= 0.3 is 0 Å². The molecule has 0 amide bonds. The van der Waals surface area contributed by atoms with Gasteiger partial charge in [-0.3, -0.25) is 13.9 Å². The van der Waals surface area contributed by atoms with Crippen molar-refractivity contribution in [1.29, 1.82) is 0 Å². The standard InChI is InChI=1S/C16H17N3O4S2/c1-4-18-14(21)12(15(22)19(5-2)16(18)24)13-17-8-6-9(20)10(23-3)7-11(8)25-13/h6-7,20-21H,4-5H2,1-3H3. The molecule has 2 aromatic heterocycles. The summed E-state index contributed by atoms with van der Waals surface area (Å²) in [6.45, 7) is 4.48. The molecule has 3 aromatic rings. The van der Waals surface area contributed by atoms with E-state index in [1.807, 2.05) is 13.8 Å². The number of fused-ring (bicyclic) bond motifs is 1. The predicted molar refractivity (Wildman–Crippen MR) is 99.4 cm³/mol. The maximum Gasteiger partial charge on any atom is 0.268 e. The molecular weight excluding hydrogens is 362 g/mol. The zero-order valence-corrected chi connectivity index (χ0v) is 15.6. The number of thiazole rings is 1. The SMILES string of the molecule is CCn1c(O)c(-c2nc3cc(O)c(OC)cc3s2)c(=O)n(CC)c1=S. The van der Waals surface area contributed by atoms with E-state index in [-0.39, 0.29) is 27.5 Å². The van der Waals surface area contributed by atoms with Gasteiger partial charge in [0.05, 0.1) is 17.3 Å². The average Bonchev–Trinajstić information content (AvgIpc) is 2.96. The Labute approximate surface area is 152 Å². The van der Waals surface area contributed by atoms with Crippen LogP contribution in [0.4, 0.5) is 0 Å². The molecule has 0 bridgehead atoms. The number of rotatable bonds is 4. The van der Waals surface area contributed by atoms with Crippen LogP contribution in [0.1, 0.15) is 13.8 Å². The topological polar surface area (TPSA) is 89.5 Å². The molecule has 1 aromatic carbocycles. The smallest absolute Gasteiger partial charge is 0.268 e. The first-order valence-electron chi connectivity index (χ1n) is 7.67. The number of phenols is 1. The third kappa shape index (κ3) is 2.69. The summed E-state index contributed by atoms with van der Waals surface area (Å²) in [5.41, 5.74) is 0.243. The van der Waals surface area contributed by atoms with Crippen LogP contribution in [-0.2, 0) is 13.1 Å². The van der Waals surface area contributed by atoms with Crippen LogP contribution >= 0.6 is 23.6 Å². The normalized spacial score (nSPS) is 11.2. The summed E-state index contributed by atoms with van der Waals surface area (Å²) in [4.78, 5) is 17.2. The van der Waals surface area contributed by atoms with Crippen LogP contribution in [0.3, 0.4) is 0 Å². The molecule has 0 aliphatic rings. The second kappa shape index (κ2) is 6.49. The highest BCUT2D eigenvalue weighted by atomic mass is 32.1. The van der Waals surface area contributed by atoms with E-state index in [1.54, 1.807) is 6.07 Å². The van der Waals surface area contributed by atoms with Crippen molar-refractivity contribution >= 4 is 33.8 Å². The van der Waals surface area contributed by atoms with E-state index in [0.29, 0.717) is 29.4 Å². The molecule has 9 heteroatoms. The molecule has 25 heavy (non-hydrogen) atoms. The number of benzene rings is 1. The number of hydrogen-bond donors (Lipinski definition) is 2. The molecule has 0 aliphatic heterocycles. The first-order valence-corrected chi connectivity index (χ1v) is 8.89. The van der Waals surface area contributed by atoms with Gasteiger partial charge in [-0.1, -0.05) is 0 Å². The lowest BCUT2D eigenvalue weighted by atomic mass is 10.3. The minimum Gasteiger partial charge on any atom is -0.504 e. The Balaban J connectivity index is 2.35. The Bertz CT molecular complexity index is 1080. The molecule has 3 rings (SSSR count). The van der Waals surface area contributed by atoms with Crippen LogP contribution in [0.2, 0.25) is 0 Å². The van der Waals surface area contributed by atoms with Crippen molar-refractivity contribution in [3.8, 4) is 28.0 Å². The van der Waals surface area contributed by atoms with Gasteiger partial charge in [0.15, 0.2) is 16.3 Å². The lowest BCUT2D eigenvalue weighted by molar-refractivity contribution is 0.374. The van der Waals surface area contributed by atoms with E-state index < -0.39 is 0 Å². The highest BCUT2D eigenvalue weighted by Crippen LogP contribution is 2.38. The Morgan fingerprint density at radius 2 is 1.92 bits per heavy atom. The van der Waals surface area contributed by atoms with Gasteiger partial charge in [-0.2, -0.15) is 0 Å². The quantitative estimate of drug-likeness (QED) is 0.677. The number of aromatic hydroxyl groups is 2. The highest BCUT2D eigenvalue weighted by molar-refractivity contribution is 7.71. The number of phenolic OH excluding ortho intramolecular Hbond substituents is 1. The molecule has 0 fully saturated rings. The molecule has 0 unspecified atom stereocenters. The van der Waals surface area contributed by atoms with Gasteiger partial charge in [-0.25, -0.2) is 4.98 Å². The van der Waals surface area contributed by atoms with Crippen molar-refractivity contribution in [1.82, 2.24) is 14.1 Å². The minimum atomic E-state index is -0.384. The first-order chi connectivity index (χ1) is 11.9. The van der Waals surface area contributed by atoms with Gasteiger partial charge in [-0.15, -0.1) is 11.3 Å². The van der Waals surface area contributed by atoms with Crippen molar-refractivity contribution < 1.29 is 14.9 Å².